The molecule has 3 atom stereocenters. The average Bonchev–Trinajstić information content (AvgIpc) is 3.19. The summed E-state index contributed by atoms with van der Waals surface area (Å²) >= 11 is 1.86. The van der Waals surface area contributed by atoms with E-state index in [2.05, 4.69) is 34.0 Å². The van der Waals surface area contributed by atoms with Crippen LogP contribution in [0, 0.1) is 5.82 Å². The number of nitrogens with zero attached hydrogens (tertiary/aromatic N) is 4. The molecule has 3 heterocycles. The lowest BCUT2D eigenvalue weighted by Gasteiger charge is -2.42. The van der Waals surface area contributed by atoms with Gasteiger partial charge in [0.1, 0.15) is 29.6 Å². The first kappa shape index (κ1) is 26.2. The number of ether oxygens (including phenoxy) is 1. The van der Waals surface area contributed by atoms with Crippen LogP contribution in [-0.4, -0.2) is 64.2 Å². The number of piperazine rings is 1. The van der Waals surface area contributed by atoms with Gasteiger partial charge in [0.25, 0.3) is 0 Å². The Morgan fingerprint density at radius 3 is 2.58 bits per heavy atom. The highest BCUT2D eigenvalue weighted by Crippen LogP contribution is 2.44. The number of hydrogen-bond acceptors (Lipinski definition) is 7. The first-order valence-electron chi connectivity index (χ1n) is 12.3. The quantitative estimate of drug-likeness (QED) is 0.642. The molecule has 1 fully saturated rings. The van der Waals surface area contributed by atoms with Crippen LogP contribution < -0.4 is 10.2 Å². The Bertz CT molecular complexity index is 1110. The normalized spacial score (nSPS) is 20.6. The monoisotopic (exact) mass is 515 g/mol. The number of fused-ring (bicyclic) bond motifs is 1. The van der Waals surface area contributed by atoms with Crippen molar-refractivity contribution in [3.05, 3.63) is 53.2 Å². The molecular weight excluding hydrogens is 481 g/mol. The lowest BCUT2D eigenvalue weighted by molar-refractivity contribution is -0.134. The van der Waals surface area contributed by atoms with Crippen molar-refractivity contribution in [2.24, 2.45) is 0 Å². The summed E-state index contributed by atoms with van der Waals surface area (Å²) in [7, 11) is 0. The van der Waals surface area contributed by atoms with Crippen LogP contribution in [0.3, 0.4) is 0 Å². The minimum Gasteiger partial charge on any atom is -0.444 e. The van der Waals surface area contributed by atoms with E-state index in [0.29, 0.717) is 24.9 Å². The molecule has 0 aliphatic carbocycles. The van der Waals surface area contributed by atoms with Gasteiger partial charge in [0.15, 0.2) is 0 Å². The second-order valence-electron chi connectivity index (χ2n) is 10.4. The fourth-order valence-electron chi connectivity index (χ4n) is 4.67. The molecule has 8 nitrogen and oxygen atoms in total. The van der Waals surface area contributed by atoms with Crippen molar-refractivity contribution >= 4 is 29.6 Å². The summed E-state index contributed by atoms with van der Waals surface area (Å²) < 4.78 is 18.8. The number of amides is 2. The van der Waals surface area contributed by atoms with Crippen molar-refractivity contribution < 1.29 is 18.7 Å². The van der Waals surface area contributed by atoms with Gasteiger partial charge in [-0.1, -0.05) is 12.1 Å². The second kappa shape index (κ2) is 10.6. The van der Waals surface area contributed by atoms with Crippen LogP contribution in [-0.2, 0) is 21.7 Å². The molecule has 2 aliphatic heterocycles. The molecule has 0 spiro atoms. The molecule has 1 aromatic carbocycles. The molecule has 2 aromatic rings. The third-order valence-corrected chi connectivity index (χ3v) is 7.55. The van der Waals surface area contributed by atoms with Crippen LogP contribution in [0.2, 0.25) is 0 Å². The Kier molecular flexibility index (Phi) is 7.73. The highest BCUT2D eigenvalue weighted by molar-refractivity contribution is 7.99. The van der Waals surface area contributed by atoms with Crippen LogP contribution in [0.15, 0.2) is 30.6 Å². The van der Waals surface area contributed by atoms with Crippen LogP contribution >= 0.6 is 11.8 Å². The van der Waals surface area contributed by atoms with E-state index in [0.717, 1.165) is 22.8 Å². The number of alkyl carbamates (subject to hydrolysis) is 1. The molecule has 0 bridgehead atoms. The number of thioether (sulfide) groups is 1. The molecule has 1 N–H and O–H groups in total. The van der Waals surface area contributed by atoms with Gasteiger partial charge in [-0.2, -0.15) is 0 Å². The van der Waals surface area contributed by atoms with Crippen molar-refractivity contribution in [2.45, 2.75) is 69.7 Å². The molecule has 4 rings (SSSR count). The average molecular weight is 516 g/mol. The molecule has 0 saturated carbocycles. The zero-order valence-electron chi connectivity index (χ0n) is 21.5. The Balaban J connectivity index is 1.49. The molecule has 2 aliphatic rings. The SMILES string of the molecule is C[C@@H]1SCc2ncnc(N3CCN(C(=O)[C@@H](Cc4ccc(F)cc4)NC(=O)OC(C)(C)C)C[C@@H]3C)c21. The molecule has 1 aromatic heterocycles. The summed E-state index contributed by atoms with van der Waals surface area (Å²) in [5.41, 5.74) is 2.33. The largest absolute Gasteiger partial charge is 0.444 e. The molecule has 0 radical (unpaired) electrons. The summed E-state index contributed by atoms with van der Waals surface area (Å²) in [5, 5.41) is 3.08. The molecule has 194 valence electrons. The van der Waals surface area contributed by atoms with Gasteiger partial charge >= 0.3 is 6.09 Å². The Labute approximate surface area is 216 Å². The van der Waals surface area contributed by atoms with E-state index in [4.69, 9.17) is 4.74 Å². The molecular formula is C26H34FN5O3S. The number of hydrogen-bond donors (Lipinski definition) is 1. The lowest BCUT2D eigenvalue weighted by Crippen LogP contribution is -2.59. The topological polar surface area (TPSA) is 87.7 Å². The third kappa shape index (κ3) is 6.08. The van der Waals surface area contributed by atoms with E-state index >= 15 is 0 Å². The van der Waals surface area contributed by atoms with E-state index in [1.807, 2.05) is 11.8 Å². The van der Waals surface area contributed by atoms with E-state index in [-0.39, 0.29) is 24.2 Å². The maximum atomic E-state index is 13.6. The number of anilines is 1. The zero-order chi connectivity index (χ0) is 26.0. The molecule has 36 heavy (non-hydrogen) atoms. The van der Waals surface area contributed by atoms with Crippen LogP contribution in [0.5, 0.6) is 0 Å². The van der Waals surface area contributed by atoms with Crippen molar-refractivity contribution in [1.29, 1.82) is 0 Å². The van der Waals surface area contributed by atoms with Gasteiger partial charge in [0.05, 0.1) is 5.69 Å². The maximum Gasteiger partial charge on any atom is 0.408 e. The molecule has 10 heteroatoms. The summed E-state index contributed by atoms with van der Waals surface area (Å²) in [6, 6.07) is 5.16. The number of carbonyl (C=O) groups is 2. The van der Waals surface area contributed by atoms with Gasteiger partial charge in [-0.3, -0.25) is 4.79 Å². The number of halogens is 1. The van der Waals surface area contributed by atoms with E-state index in [1.54, 1.807) is 44.1 Å². The summed E-state index contributed by atoms with van der Waals surface area (Å²) in [6.45, 7) is 11.2. The Morgan fingerprint density at radius 1 is 1.19 bits per heavy atom. The second-order valence-corrected chi connectivity index (χ2v) is 11.7. The minimum absolute atomic E-state index is 0.0347. The molecule has 2 amide bonds. The molecule has 0 unspecified atom stereocenters. The van der Waals surface area contributed by atoms with Gasteiger partial charge in [0.2, 0.25) is 5.91 Å². The van der Waals surface area contributed by atoms with Crippen molar-refractivity contribution in [3.63, 3.8) is 0 Å². The van der Waals surface area contributed by atoms with Crippen molar-refractivity contribution in [2.75, 3.05) is 24.5 Å². The standard InChI is InChI=1S/C26H34FN5O3S/c1-16-13-31(10-11-32(16)23-22-17(2)36-14-21(22)28-15-29-23)24(33)20(30-25(34)35-26(3,4)5)12-18-6-8-19(27)9-7-18/h6-9,15-17,20H,10-14H2,1-5H3,(H,30,34)/t16-,17-,20+/m0/s1. The predicted octanol–water partition coefficient (Wildman–Crippen LogP) is 4.10. The van der Waals surface area contributed by atoms with Gasteiger partial charge in [-0.15, -0.1) is 11.8 Å². The summed E-state index contributed by atoms with van der Waals surface area (Å²) in [4.78, 5) is 39.3. The zero-order valence-corrected chi connectivity index (χ0v) is 22.3. The number of benzene rings is 1. The fraction of sp³-hybridized carbons (Fsp3) is 0.538. The lowest BCUT2D eigenvalue weighted by atomic mass is 10.0. The first-order valence-corrected chi connectivity index (χ1v) is 13.3. The van der Waals surface area contributed by atoms with Gasteiger partial charge < -0.3 is 19.9 Å². The van der Waals surface area contributed by atoms with E-state index in [9.17, 15) is 14.0 Å². The van der Waals surface area contributed by atoms with Crippen LogP contribution in [0.4, 0.5) is 15.0 Å². The summed E-state index contributed by atoms with van der Waals surface area (Å²) in [6.07, 6.45) is 1.21. The van der Waals surface area contributed by atoms with Gasteiger partial charge in [0, 0.05) is 48.7 Å². The van der Waals surface area contributed by atoms with Crippen LogP contribution in [0.25, 0.3) is 0 Å². The van der Waals surface area contributed by atoms with Crippen LogP contribution in [0.1, 0.15) is 56.7 Å². The number of carbonyl (C=O) groups excluding carboxylic acids is 2. The Morgan fingerprint density at radius 2 is 1.92 bits per heavy atom. The predicted molar refractivity (Wildman–Crippen MR) is 138 cm³/mol. The fourth-order valence-corrected chi connectivity index (χ4v) is 5.71. The summed E-state index contributed by atoms with van der Waals surface area (Å²) in [5.74, 6) is 1.30. The van der Waals surface area contributed by atoms with Gasteiger partial charge in [-0.25, -0.2) is 19.2 Å². The highest BCUT2D eigenvalue weighted by atomic mass is 32.2. The van der Waals surface area contributed by atoms with Gasteiger partial charge in [-0.05, 0) is 52.3 Å². The first-order chi connectivity index (χ1) is 17.0. The third-order valence-electron chi connectivity index (χ3n) is 6.38. The number of nitrogens with one attached hydrogen (secondary N) is 1. The van der Waals surface area contributed by atoms with E-state index < -0.39 is 17.7 Å². The van der Waals surface area contributed by atoms with Crippen molar-refractivity contribution in [3.8, 4) is 0 Å². The molecule has 1 saturated heterocycles. The van der Waals surface area contributed by atoms with Crippen molar-refractivity contribution in [1.82, 2.24) is 20.2 Å². The highest BCUT2D eigenvalue weighted by Gasteiger charge is 2.35. The smallest absolute Gasteiger partial charge is 0.408 e. The minimum atomic E-state index is -0.830. The number of aromatic nitrogens is 2. The Hall–Kier alpha value is -2.88. The number of rotatable bonds is 5. The van der Waals surface area contributed by atoms with E-state index in [1.165, 1.54) is 17.7 Å². The maximum absolute atomic E-state index is 13.6.